The fourth-order valence-corrected chi connectivity index (χ4v) is 5.50. The first-order valence-electron chi connectivity index (χ1n) is 9.99. The quantitative estimate of drug-likeness (QED) is 0.434. The molecule has 0 spiro atoms. The summed E-state index contributed by atoms with van der Waals surface area (Å²) in [7, 11) is 0. The molecule has 4 rings (SSSR count). The molecule has 1 aromatic carbocycles. The number of alkyl halides is 6. The fraction of sp³-hybridized carbons (Fsp3) is 0.381. The lowest BCUT2D eigenvalue weighted by Crippen LogP contribution is -2.60. The highest BCUT2D eigenvalue weighted by Gasteiger charge is 2.63. The summed E-state index contributed by atoms with van der Waals surface area (Å²) in [6.45, 7) is -0.520. The number of rotatable bonds is 4. The van der Waals surface area contributed by atoms with Gasteiger partial charge in [-0.05, 0) is 35.9 Å². The molecule has 0 aliphatic carbocycles. The van der Waals surface area contributed by atoms with E-state index in [9.17, 15) is 35.1 Å². The Morgan fingerprint density at radius 3 is 2.57 bits per heavy atom. The Labute approximate surface area is 197 Å². The molecule has 14 heteroatoms. The maximum absolute atomic E-state index is 15.0. The molecule has 0 radical (unpaired) electrons. The Bertz CT molecular complexity index is 1110. The largest absolute Gasteiger partial charge is 0.573 e. The molecule has 1 aromatic heterocycles. The number of benzene rings is 1. The van der Waals surface area contributed by atoms with Crippen LogP contribution in [-0.4, -0.2) is 46.9 Å². The van der Waals surface area contributed by atoms with Crippen molar-refractivity contribution in [2.45, 2.75) is 24.2 Å². The van der Waals surface area contributed by atoms with Crippen LogP contribution in [0.5, 0.6) is 5.75 Å². The Balaban J connectivity index is 1.68. The van der Waals surface area contributed by atoms with Crippen LogP contribution in [0.3, 0.4) is 0 Å². The van der Waals surface area contributed by atoms with E-state index in [-0.39, 0.29) is 28.5 Å². The molecular formula is C21H17F8N3O2S. The molecule has 35 heavy (non-hydrogen) atoms. The number of hydrazine groups is 1. The monoisotopic (exact) mass is 527 g/mol. The zero-order valence-corrected chi connectivity index (χ0v) is 18.4. The number of ether oxygens (including phenoxy) is 2. The summed E-state index contributed by atoms with van der Waals surface area (Å²) in [5, 5.41) is 1.11. The minimum Gasteiger partial charge on any atom is -0.404 e. The van der Waals surface area contributed by atoms with Gasteiger partial charge in [-0.1, -0.05) is 6.07 Å². The smallest absolute Gasteiger partial charge is 0.404 e. The van der Waals surface area contributed by atoms with Crippen molar-refractivity contribution in [3.63, 3.8) is 0 Å². The van der Waals surface area contributed by atoms with E-state index in [0.29, 0.717) is 6.20 Å². The molecule has 2 saturated heterocycles. The molecule has 190 valence electrons. The molecule has 5 nitrogen and oxygen atoms in total. The van der Waals surface area contributed by atoms with Crippen LogP contribution in [0.25, 0.3) is 11.9 Å². The van der Waals surface area contributed by atoms with Crippen molar-refractivity contribution in [3.8, 4) is 5.75 Å². The van der Waals surface area contributed by atoms with E-state index in [2.05, 4.69) is 9.72 Å². The molecule has 2 aromatic rings. The van der Waals surface area contributed by atoms with Gasteiger partial charge in [0.05, 0.1) is 29.9 Å². The number of hydrogen-bond acceptors (Lipinski definition) is 6. The van der Waals surface area contributed by atoms with Crippen LogP contribution in [0, 0.1) is 11.7 Å². The second-order valence-corrected chi connectivity index (χ2v) is 8.93. The summed E-state index contributed by atoms with van der Waals surface area (Å²) in [5.41, 5.74) is -2.07. The number of fused-ring (bicyclic) bond motifs is 1. The lowest BCUT2D eigenvalue weighted by molar-refractivity contribution is -0.274. The van der Waals surface area contributed by atoms with Crippen LogP contribution in [0.1, 0.15) is 16.8 Å². The number of aromatic nitrogens is 1. The van der Waals surface area contributed by atoms with Crippen molar-refractivity contribution < 1.29 is 44.6 Å². The minimum atomic E-state index is -4.94. The van der Waals surface area contributed by atoms with E-state index >= 15 is 0 Å². The maximum atomic E-state index is 15.0. The van der Waals surface area contributed by atoms with E-state index in [1.165, 1.54) is 12.1 Å². The van der Waals surface area contributed by atoms with Crippen LogP contribution in [0.4, 0.5) is 35.1 Å². The lowest BCUT2D eigenvalue weighted by Gasteiger charge is -2.46. The van der Waals surface area contributed by atoms with Gasteiger partial charge in [0.1, 0.15) is 17.4 Å². The van der Waals surface area contributed by atoms with Gasteiger partial charge in [0.25, 0.3) is 0 Å². The number of pyridine rings is 1. The maximum Gasteiger partial charge on any atom is 0.573 e. The van der Waals surface area contributed by atoms with E-state index in [1.807, 2.05) is 0 Å². The highest BCUT2D eigenvalue weighted by atomic mass is 32.2. The fourth-order valence-electron chi connectivity index (χ4n) is 4.26. The van der Waals surface area contributed by atoms with E-state index in [4.69, 9.17) is 10.6 Å². The van der Waals surface area contributed by atoms with Crippen LogP contribution in [-0.2, 0) is 10.3 Å². The first-order valence-corrected chi connectivity index (χ1v) is 11.1. The van der Waals surface area contributed by atoms with E-state index in [1.54, 1.807) is 0 Å². The highest BCUT2D eigenvalue weighted by molar-refractivity contribution is 7.99. The number of thioether (sulfide) groups is 1. The van der Waals surface area contributed by atoms with Crippen molar-refractivity contribution in [2.24, 2.45) is 11.8 Å². The van der Waals surface area contributed by atoms with Gasteiger partial charge in [-0.15, -0.1) is 24.9 Å². The molecular weight excluding hydrogens is 510 g/mol. The number of hydrogen-bond donors (Lipinski definition) is 1. The van der Waals surface area contributed by atoms with Gasteiger partial charge in [-0.3, -0.25) is 5.84 Å². The molecule has 0 amide bonds. The molecule has 0 unspecified atom stereocenters. The highest BCUT2D eigenvalue weighted by Crippen LogP contribution is 2.52. The van der Waals surface area contributed by atoms with E-state index < -0.39 is 54.1 Å². The number of nitrogens with zero attached hydrogens (tertiary/aromatic N) is 2. The summed E-state index contributed by atoms with van der Waals surface area (Å²) in [6.07, 6.45) is -10.2. The van der Waals surface area contributed by atoms with Crippen molar-refractivity contribution >= 4 is 23.7 Å². The SMILES string of the molecule is NN1CSC[C@@H]2[C@@H](C(F)(F)F)OC[C@@]21c1cc(/C=C(\F)c2ccc(OC(F)(F)F)cn2)ccc1F. The molecule has 0 saturated carbocycles. The Kier molecular flexibility index (Phi) is 6.76. The first kappa shape index (κ1) is 25.7. The van der Waals surface area contributed by atoms with Crippen molar-refractivity contribution in [3.05, 3.63) is 59.2 Å². The zero-order chi connectivity index (χ0) is 25.6. The Morgan fingerprint density at radius 1 is 1.20 bits per heavy atom. The molecule has 2 aliphatic heterocycles. The predicted octanol–water partition coefficient (Wildman–Crippen LogP) is 5.24. The third-order valence-electron chi connectivity index (χ3n) is 5.79. The van der Waals surface area contributed by atoms with Crippen molar-refractivity contribution in [1.82, 2.24) is 9.99 Å². The average molecular weight is 527 g/mol. The summed E-state index contributed by atoms with van der Waals surface area (Å²) in [6, 6.07) is 5.17. The van der Waals surface area contributed by atoms with Gasteiger partial charge >= 0.3 is 12.5 Å². The molecule has 3 heterocycles. The topological polar surface area (TPSA) is 60.6 Å². The summed E-state index contributed by atoms with van der Waals surface area (Å²) >= 11 is 1.15. The Hall–Kier alpha value is -2.42. The van der Waals surface area contributed by atoms with Gasteiger partial charge in [0.2, 0.25) is 0 Å². The number of halogens is 8. The second kappa shape index (κ2) is 9.22. The van der Waals surface area contributed by atoms with Crippen LogP contribution in [0.15, 0.2) is 36.5 Å². The number of nitrogens with two attached hydrogens (primary N) is 1. The summed E-state index contributed by atoms with van der Waals surface area (Å²) < 4.78 is 116. The zero-order valence-electron chi connectivity index (χ0n) is 17.5. The molecule has 3 atom stereocenters. The Morgan fingerprint density at radius 2 is 1.94 bits per heavy atom. The third kappa shape index (κ3) is 5.10. The lowest BCUT2D eigenvalue weighted by atomic mass is 9.77. The van der Waals surface area contributed by atoms with Crippen molar-refractivity contribution in [2.75, 3.05) is 18.2 Å². The average Bonchev–Trinajstić information content (AvgIpc) is 3.17. The molecule has 2 aliphatic rings. The summed E-state index contributed by atoms with van der Waals surface area (Å²) in [4.78, 5) is 3.57. The van der Waals surface area contributed by atoms with E-state index in [0.717, 1.165) is 41.0 Å². The normalized spacial score (nSPS) is 26.0. The van der Waals surface area contributed by atoms with Gasteiger partial charge < -0.3 is 9.47 Å². The molecule has 2 N–H and O–H groups in total. The van der Waals surface area contributed by atoms with Gasteiger partial charge in [0, 0.05) is 17.2 Å². The van der Waals surface area contributed by atoms with Gasteiger partial charge in [0.15, 0.2) is 6.10 Å². The minimum absolute atomic E-state index is 0.0159. The predicted molar refractivity (Wildman–Crippen MR) is 111 cm³/mol. The molecule has 0 bridgehead atoms. The second-order valence-electron chi connectivity index (χ2n) is 7.93. The first-order chi connectivity index (χ1) is 16.3. The van der Waals surface area contributed by atoms with Gasteiger partial charge in [-0.25, -0.2) is 18.8 Å². The third-order valence-corrected chi connectivity index (χ3v) is 6.85. The molecule has 2 fully saturated rings. The van der Waals surface area contributed by atoms with Crippen LogP contribution < -0.4 is 10.6 Å². The summed E-state index contributed by atoms with van der Waals surface area (Å²) in [5.74, 6) is 2.52. The van der Waals surface area contributed by atoms with Crippen LogP contribution >= 0.6 is 11.8 Å². The van der Waals surface area contributed by atoms with Crippen molar-refractivity contribution in [1.29, 1.82) is 0 Å². The van der Waals surface area contributed by atoms with Crippen LogP contribution in [0.2, 0.25) is 0 Å². The standard InChI is InChI=1S/C21H17F8N3O2S/c22-15-3-1-11(6-16(23)17-4-2-12(7-31-17)34-21(27,28)29)5-13(15)19-9-33-18(20(24,25)26)14(19)8-35-10-32(19)30/h1-7,14,18H,8-10,30H2/b16-6-/t14-,18+,19-/m1/s1. The van der Waals surface area contributed by atoms with Gasteiger partial charge in [-0.2, -0.15) is 13.2 Å².